The molecule has 0 aliphatic heterocycles. The van der Waals surface area contributed by atoms with Crippen molar-refractivity contribution in [1.29, 1.82) is 0 Å². The van der Waals surface area contributed by atoms with Crippen LogP contribution < -0.4 is 5.32 Å². The zero-order valence-corrected chi connectivity index (χ0v) is 15.0. The van der Waals surface area contributed by atoms with E-state index < -0.39 is 0 Å². The van der Waals surface area contributed by atoms with Gasteiger partial charge in [-0.2, -0.15) is 0 Å². The number of carbonyl (C=O) groups is 1. The average Bonchev–Trinajstić information content (AvgIpc) is 2.45. The lowest BCUT2D eigenvalue weighted by Gasteiger charge is -2.40. The molecule has 2 aliphatic carbocycles. The van der Waals surface area contributed by atoms with Crippen LogP contribution in [-0.4, -0.2) is 16.8 Å². The molecule has 126 valence electrons. The largest absolute Gasteiger partial charge is 0.367 e. The number of ketones is 1. The molecule has 1 fully saturated rings. The lowest BCUT2D eigenvalue weighted by atomic mass is 9.70. The Labute approximate surface area is 140 Å². The number of rotatable bonds is 3. The molecule has 0 saturated heterocycles. The first-order valence-electron chi connectivity index (χ1n) is 9.14. The van der Waals surface area contributed by atoms with Crippen LogP contribution in [0.25, 0.3) is 0 Å². The van der Waals surface area contributed by atoms with Crippen molar-refractivity contribution < 1.29 is 4.79 Å². The van der Waals surface area contributed by atoms with Crippen LogP contribution in [0.2, 0.25) is 0 Å². The molecule has 0 bridgehead atoms. The van der Waals surface area contributed by atoms with Crippen LogP contribution in [0.4, 0.5) is 5.82 Å². The molecule has 0 amide bonds. The van der Waals surface area contributed by atoms with Crippen molar-refractivity contribution >= 4 is 11.6 Å². The number of pyridine rings is 1. The highest BCUT2D eigenvalue weighted by molar-refractivity contribution is 5.96. The van der Waals surface area contributed by atoms with Gasteiger partial charge in [0.05, 0.1) is 0 Å². The fourth-order valence-electron chi connectivity index (χ4n) is 4.83. The Morgan fingerprint density at radius 1 is 1.22 bits per heavy atom. The maximum absolute atomic E-state index is 11.9. The minimum absolute atomic E-state index is 0.148. The van der Waals surface area contributed by atoms with E-state index in [1.807, 2.05) is 0 Å². The van der Waals surface area contributed by atoms with Crippen LogP contribution in [0, 0.1) is 11.3 Å². The number of hydrogen-bond donors (Lipinski definition) is 1. The van der Waals surface area contributed by atoms with Gasteiger partial charge >= 0.3 is 0 Å². The summed E-state index contributed by atoms with van der Waals surface area (Å²) in [5.41, 5.74) is 3.79. The predicted molar refractivity (Wildman–Crippen MR) is 95.1 cm³/mol. The van der Waals surface area contributed by atoms with Crippen LogP contribution in [0.3, 0.4) is 0 Å². The zero-order valence-electron chi connectivity index (χ0n) is 15.0. The molecular weight excluding hydrogens is 284 g/mol. The van der Waals surface area contributed by atoms with Crippen LogP contribution in [-0.2, 0) is 12.8 Å². The van der Waals surface area contributed by atoms with Gasteiger partial charge in [-0.05, 0) is 74.3 Å². The topological polar surface area (TPSA) is 42.0 Å². The summed E-state index contributed by atoms with van der Waals surface area (Å²) in [6.07, 6.45) is 9.98. The van der Waals surface area contributed by atoms with E-state index in [-0.39, 0.29) is 5.78 Å². The fourth-order valence-corrected chi connectivity index (χ4v) is 4.83. The van der Waals surface area contributed by atoms with Crippen LogP contribution >= 0.6 is 0 Å². The fraction of sp³-hybridized carbons (Fsp3) is 0.700. The highest BCUT2D eigenvalue weighted by Crippen LogP contribution is 2.40. The van der Waals surface area contributed by atoms with Crippen molar-refractivity contribution in [3.8, 4) is 0 Å². The number of carbonyl (C=O) groups excluding carboxylic acids is 1. The predicted octanol–water partition coefficient (Wildman–Crippen LogP) is 4.79. The van der Waals surface area contributed by atoms with E-state index in [0.29, 0.717) is 11.5 Å². The molecule has 0 spiro atoms. The van der Waals surface area contributed by atoms with Crippen LogP contribution in [0.15, 0.2) is 6.20 Å². The summed E-state index contributed by atoms with van der Waals surface area (Å²) in [6, 6.07) is 0.496. The van der Waals surface area contributed by atoms with Crippen LogP contribution in [0.1, 0.15) is 81.3 Å². The first kappa shape index (κ1) is 16.5. The molecule has 1 heterocycles. The van der Waals surface area contributed by atoms with Gasteiger partial charge in [-0.1, -0.05) is 20.8 Å². The lowest BCUT2D eigenvalue weighted by molar-refractivity contribution is 0.101. The Kier molecular flexibility index (Phi) is 4.48. The SMILES string of the molecule is CC(=O)c1cnc(NC2CC(C)CC(C)(C)C2)c2c1CCCC2. The minimum atomic E-state index is 0.148. The molecule has 1 aromatic heterocycles. The van der Waals surface area contributed by atoms with Crippen molar-refractivity contribution in [2.75, 3.05) is 5.32 Å². The van der Waals surface area contributed by atoms with E-state index in [2.05, 4.69) is 31.1 Å². The van der Waals surface area contributed by atoms with Gasteiger partial charge in [-0.3, -0.25) is 4.79 Å². The number of nitrogens with zero attached hydrogens (tertiary/aromatic N) is 1. The highest BCUT2D eigenvalue weighted by atomic mass is 16.1. The molecule has 1 aromatic rings. The number of nitrogens with one attached hydrogen (secondary N) is 1. The summed E-state index contributed by atoms with van der Waals surface area (Å²) < 4.78 is 0. The molecule has 0 radical (unpaired) electrons. The third-order valence-corrected chi connectivity index (χ3v) is 5.51. The molecule has 2 unspecified atom stereocenters. The molecule has 0 aromatic carbocycles. The van der Waals surface area contributed by atoms with Gasteiger partial charge in [0.15, 0.2) is 5.78 Å². The van der Waals surface area contributed by atoms with Gasteiger partial charge in [0, 0.05) is 17.8 Å². The standard InChI is InChI=1S/C20H30N2O/c1-13-9-15(11-20(3,4)10-13)22-19-17-8-6-5-7-16(17)18(12-21-19)14(2)23/h12-13,15H,5-11H2,1-4H3,(H,21,22). The average molecular weight is 314 g/mol. The normalized spacial score (nSPS) is 26.4. The summed E-state index contributed by atoms with van der Waals surface area (Å²) in [7, 11) is 0. The third-order valence-electron chi connectivity index (χ3n) is 5.51. The second-order valence-corrected chi connectivity index (χ2v) is 8.50. The Hall–Kier alpha value is -1.38. The molecular formula is C20H30N2O. The molecule has 1 saturated carbocycles. The Morgan fingerprint density at radius 2 is 1.91 bits per heavy atom. The van der Waals surface area contributed by atoms with E-state index in [4.69, 9.17) is 0 Å². The first-order chi connectivity index (χ1) is 10.9. The Balaban J connectivity index is 1.87. The van der Waals surface area contributed by atoms with Gasteiger partial charge < -0.3 is 5.32 Å². The van der Waals surface area contributed by atoms with Crippen molar-refractivity contribution in [3.05, 3.63) is 22.9 Å². The molecule has 1 N–H and O–H groups in total. The third kappa shape index (κ3) is 3.59. The van der Waals surface area contributed by atoms with E-state index in [1.165, 1.54) is 43.2 Å². The van der Waals surface area contributed by atoms with Crippen LogP contribution in [0.5, 0.6) is 0 Å². The second-order valence-electron chi connectivity index (χ2n) is 8.50. The molecule has 3 nitrogen and oxygen atoms in total. The summed E-state index contributed by atoms with van der Waals surface area (Å²) in [4.78, 5) is 16.5. The van der Waals surface area contributed by atoms with E-state index in [0.717, 1.165) is 30.1 Å². The number of fused-ring (bicyclic) bond motifs is 1. The van der Waals surface area contributed by atoms with E-state index in [1.54, 1.807) is 13.1 Å². The molecule has 3 rings (SSSR count). The van der Waals surface area contributed by atoms with Gasteiger partial charge in [0.25, 0.3) is 0 Å². The van der Waals surface area contributed by atoms with Crippen molar-refractivity contribution in [1.82, 2.24) is 4.98 Å². The first-order valence-corrected chi connectivity index (χ1v) is 9.14. The summed E-state index contributed by atoms with van der Waals surface area (Å²) in [6.45, 7) is 8.76. The van der Waals surface area contributed by atoms with Gasteiger partial charge in [0.2, 0.25) is 0 Å². The second kappa shape index (κ2) is 6.26. The van der Waals surface area contributed by atoms with Gasteiger partial charge in [0.1, 0.15) is 5.82 Å². The Bertz CT molecular complexity index is 606. The monoisotopic (exact) mass is 314 g/mol. The Morgan fingerprint density at radius 3 is 2.57 bits per heavy atom. The maximum Gasteiger partial charge on any atom is 0.161 e. The highest BCUT2D eigenvalue weighted by Gasteiger charge is 2.32. The maximum atomic E-state index is 11.9. The number of anilines is 1. The van der Waals surface area contributed by atoms with Crippen molar-refractivity contribution in [2.24, 2.45) is 11.3 Å². The van der Waals surface area contributed by atoms with Gasteiger partial charge in [-0.15, -0.1) is 0 Å². The minimum Gasteiger partial charge on any atom is -0.367 e. The van der Waals surface area contributed by atoms with Gasteiger partial charge in [-0.25, -0.2) is 4.98 Å². The lowest BCUT2D eigenvalue weighted by Crippen LogP contribution is -2.36. The summed E-state index contributed by atoms with van der Waals surface area (Å²) >= 11 is 0. The number of hydrogen-bond acceptors (Lipinski definition) is 3. The van der Waals surface area contributed by atoms with E-state index >= 15 is 0 Å². The van der Waals surface area contributed by atoms with Crippen molar-refractivity contribution in [2.45, 2.75) is 78.7 Å². The number of aromatic nitrogens is 1. The molecule has 2 aliphatic rings. The molecule has 3 heteroatoms. The number of Topliss-reactive ketones (excluding diaryl/α,β-unsaturated/α-hetero) is 1. The quantitative estimate of drug-likeness (QED) is 0.816. The summed E-state index contributed by atoms with van der Waals surface area (Å²) in [5, 5.41) is 3.74. The van der Waals surface area contributed by atoms with Crippen molar-refractivity contribution in [3.63, 3.8) is 0 Å². The zero-order chi connectivity index (χ0) is 16.6. The molecule has 2 atom stereocenters. The summed E-state index contributed by atoms with van der Waals surface area (Å²) in [5.74, 6) is 1.94. The molecule has 23 heavy (non-hydrogen) atoms. The van der Waals surface area contributed by atoms with E-state index in [9.17, 15) is 4.79 Å². The smallest absolute Gasteiger partial charge is 0.161 e.